The summed E-state index contributed by atoms with van der Waals surface area (Å²) in [6, 6.07) is 2.29. The molecule has 164 valence electrons. The van der Waals surface area contributed by atoms with Crippen LogP contribution >= 0.6 is 0 Å². The van der Waals surface area contributed by atoms with E-state index >= 15 is 0 Å². The number of piperidine rings is 1. The van der Waals surface area contributed by atoms with Crippen molar-refractivity contribution < 1.29 is 17.7 Å². The second-order valence-corrected chi connectivity index (χ2v) is 10.4. The van der Waals surface area contributed by atoms with Crippen molar-refractivity contribution in [3.63, 3.8) is 0 Å². The fraction of sp³-hybridized carbons (Fsp3) is 0.550. The molecular weight excluding hydrogens is 417 g/mol. The van der Waals surface area contributed by atoms with E-state index in [0.29, 0.717) is 0 Å². The first-order chi connectivity index (χ1) is 13.8. The molecule has 1 aromatic carbocycles. The Morgan fingerprint density at radius 3 is 2.43 bits per heavy atom. The van der Waals surface area contributed by atoms with Gasteiger partial charge in [-0.2, -0.15) is 0 Å². The van der Waals surface area contributed by atoms with Gasteiger partial charge in [0.05, 0.1) is 16.6 Å². The summed E-state index contributed by atoms with van der Waals surface area (Å²) < 4.78 is 58.6. The number of hydrogen-bond acceptors (Lipinski definition) is 5. The van der Waals surface area contributed by atoms with E-state index in [9.17, 15) is 22.5 Å². The van der Waals surface area contributed by atoms with Crippen LogP contribution in [0.5, 0.6) is 0 Å². The predicted molar refractivity (Wildman–Crippen MR) is 113 cm³/mol. The Balaban J connectivity index is 2.16. The maximum Gasteiger partial charge on any atom is 0.262 e. The van der Waals surface area contributed by atoms with E-state index in [1.807, 2.05) is 0 Å². The number of nitrogens with zero attached hydrogens (tertiary/aromatic N) is 4. The molecule has 0 amide bonds. The molecule has 0 aliphatic carbocycles. The van der Waals surface area contributed by atoms with Crippen LogP contribution in [-0.2, 0) is 18.4 Å². The standard InChI is InChI=1S/C20H25F3N4O2S/c1-12(25-30(29)19(2,3)4)14-10-13(21)11-15-16(14)24-18(26(5)17(15)28)27-8-6-20(22,23)7-9-27/h10-11H,6-9H2,1-5H3/t30-/m1/s1. The van der Waals surface area contributed by atoms with Gasteiger partial charge in [0.2, 0.25) is 5.95 Å². The Kier molecular flexibility index (Phi) is 5.94. The summed E-state index contributed by atoms with van der Waals surface area (Å²) >= 11 is -1.58. The number of hydrogen-bond donors (Lipinski definition) is 0. The van der Waals surface area contributed by atoms with Crippen LogP contribution in [0.25, 0.3) is 10.9 Å². The predicted octanol–water partition coefficient (Wildman–Crippen LogP) is 3.58. The minimum atomic E-state index is -2.74. The van der Waals surface area contributed by atoms with E-state index in [1.54, 1.807) is 32.6 Å². The molecule has 0 saturated carbocycles. The van der Waals surface area contributed by atoms with Crippen molar-refractivity contribution in [2.45, 2.75) is 51.2 Å². The molecule has 1 fully saturated rings. The Hall–Kier alpha value is -2.07. The molecule has 6 nitrogen and oxygen atoms in total. The van der Waals surface area contributed by atoms with Gasteiger partial charge in [-0.25, -0.2) is 18.2 Å². The van der Waals surface area contributed by atoms with Crippen molar-refractivity contribution in [1.82, 2.24) is 9.55 Å². The van der Waals surface area contributed by atoms with Gasteiger partial charge >= 0.3 is 0 Å². The van der Waals surface area contributed by atoms with Gasteiger partial charge in [-0.3, -0.25) is 9.36 Å². The van der Waals surface area contributed by atoms with E-state index < -0.39 is 33.4 Å². The van der Waals surface area contributed by atoms with Crippen LogP contribution in [0.2, 0.25) is 0 Å². The number of alkyl halides is 2. The van der Waals surface area contributed by atoms with Gasteiger partial charge < -0.3 is 9.45 Å². The van der Waals surface area contributed by atoms with Crippen LogP contribution in [0, 0.1) is 5.82 Å². The molecule has 2 heterocycles. The lowest BCUT2D eigenvalue weighted by atomic mass is 10.1. The molecule has 1 aromatic heterocycles. The van der Waals surface area contributed by atoms with Gasteiger partial charge in [-0.15, -0.1) is 0 Å². The van der Waals surface area contributed by atoms with Crippen LogP contribution in [-0.4, -0.2) is 43.6 Å². The largest absolute Gasteiger partial charge is 0.591 e. The normalized spacial score (nSPS) is 18.7. The SMILES string of the molecule is CC(=N[S@+]([O-])C(C)(C)C)c1cc(F)cc2c(=O)n(C)c(N3CCC(F)(F)CC3)nc12. The Labute approximate surface area is 176 Å². The number of fused-ring (bicyclic) bond motifs is 1. The maximum absolute atomic E-state index is 14.3. The van der Waals surface area contributed by atoms with E-state index in [4.69, 9.17) is 0 Å². The van der Waals surface area contributed by atoms with E-state index in [1.165, 1.54) is 17.7 Å². The molecule has 30 heavy (non-hydrogen) atoms. The molecule has 3 rings (SSSR count). The summed E-state index contributed by atoms with van der Waals surface area (Å²) in [5.74, 6) is -3.14. The highest BCUT2D eigenvalue weighted by Crippen LogP contribution is 2.30. The molecule has 1 aliphatic heterocycles. The summed E-state index contributed by atoms with van der Waals surface area (Å²) in [6.45, 7) is 6.98. The highest BCUT2D eigenvalue weighted by atomic mass is 32.2. The molecule has 1 aliphatic rings. The average molecular weight is 443 g/mol. The molecule has 0 spiro atoms. The minimum Gasteiger partial charge on any atom is -0.591 e. The molecule has 1 saturated heterocycles. The third kappa shape index (κ3) is 4.49. The van der Waals surface area contributed by atoms with E-state index in [2.05, 4.69) is 9.38 Å². The Bertz CT molecular complexity index is 1050. The highest BCUT2D eigenvalue weighted by molar-refractivity contribution is 7.91. The summed E-state index contributed by atoms with van der Waals surface area (Å²) in [5, 5.41) is 0.0506. The zero-order valence-electron chi connectivity index (χ0n) is 17.6. The van der Waals surface area contributed by atoms with Crippen LogP contribution in [0.1, 0.15) is 46.1 Å². The minimum absolute atomic E-state index is 0.0506. The quantitative estimate of drug-likeness (QED) is 0.538. The molecule has 1 atom stereocenters. The van der Waals surface area contributed by atoms with Gasteiger partial charge in [0.15, 0.2) is 0 Å². The molecule has 2 aromatic rings. The average Bonchev–Trinajstić information content (AvgIpc) is 2.64. The Morgan fingerprint density at radius 1 is 1.27 bits per heavy atom. The van der Waals surface area contributed by atoms with Crippen molar-refractivity contribution in [1.29, 1.82) is 0 Å². The fourth-order valence-electron chi connectivity index (χ4n) is 3.23. The zero-order chi connectivity index (χ0) is 22.4. The number of halogens is 3. The number of benzene rings is 1. The van der Waals surface area contributed by atoms with Crippen molar-refractivity contribution in [2.24, 2.45) is 11.4 Å². The van der Waals surface area contributed by atoms with E-state index in [-0.39, 0.29) is 54.1 Å². The first-order valence-corrected chi connectivity index (χ1v) is 10.7. The fourth-order valence-corrected chi connectivity index (χ4v) is 3.85. The molecule has 0 unspecified atom stereocenters. The molecule has 10 heteroatoms. The monoisotopic (exact) mass is 442 g/mol. The van der Waals surface area contributed by atoms with Crippen molar-refractivity contribution in [2.75, 3.05) is 18.0 Å². The van der Waals surface area contributed by atoms with Gasteiger partial charge in [0.25, 0.3) is 11.5 Å². The summed E-state index contributed by atoms with van der Waals surface area (Å²) in [4.78, 5) is 19.1. The molecule has 0 radical (unpaired) electrons. The second kappa shape index (κ2) is 7.88. The Morgan fingerprint density at radius 2 is 1.87 bits per heavy atom. The van der Waals surface area contributed by atoms with Crippen molar-refractivity contribution >= 4 is 33.9 Å². The zero-order valence-corrected chi connectivity index (χ0v) is 18.4. The molecule has 0 N–H and O–H groups in total. The smallest absolute Gasteiger partial charge is 0.262 e. The van der Waals surface area contributed by atoms with Crippen LogP contribution in [0.3, 0.4) is 0 Å². The number of anilines is 1. The van der Waals surface area contributed by atoms with E-state index in [0.717, 1.165) is 6.07 Å². The van der Waals surface area contributed by atoms with Crippen LogP contribution in [0.4, 0.5) is 19.1 Å². The maximum atomic E-state index is 14.3. The lowest BCUT2D eigenvalue weighted by Crippen LogP contribution is -2.42. The summed E-state index contributed by atoms with van der Waals surface area (Å²) in [6.07, 6.45) is -0.662. The first-order valence-electron chi connectivity index (χ1n) is 9.61. The number of rotatable bonds is 3. The molecular formula is C20H25F3N4O2S. The second-order valence-electron chi connectivity index (χ2n) is 8.51. The van der Waals surface area contributed by atoms with Crippen LogP contribution < -0.4 is 10.5 Å². The van der Waals surface area contributed by atoms with Crippen molar-refractivity contribution in [3.8, 4) is 0 Å². The third-order valence-corrected chi connectivity index (χ3v) is 6.52. The van der Waals surface area contributed by atoms with Crippen LogP contribution in [0.15, 0.2) is 21.3 Å². The lowest BCUT2D eigenvalue weighted by molar-refractivity contribution is -0.0223. The topological polar surface area (TPSA) is 73.6 Å². The first kappa shape index (κ1) is 22.6. The summed E-state index contributed by atoms with van der Waals surface area (Å²) in [7, 11) is 1.48. The molecule has 0 bridgehead atoms. The van der Waals surface area contributed by atoms with Gasteiger partial charge in [-0.1, -0.05) is 4.40 Å². The summed E-state index contributed by atoms with van der Waals surface area (Å²) in [5.41, 5.74) is 0.255. The van der Waals surface area contributed by atoms with Gasteiger partial charge in [0, 0.05) is 38.5 Å². The van der Waals surface area contributed by atoms with Crippen molar-refractivity contribution in [3.05, 3.63) is 33.9 Å². The third-order valence-electron chi connectivity index (χ3n) is 5.03. The van der Waals surface area contributed by atoms with Gasteiger partial charge in [-0.05, 0) is 39.8 Å². The van der Waals surface area contributed by atoms with Gasteiger partial charge in [0.1, 0.15) is 21.9 Å². The number of aromatic nitrogens is 2. The highest BCUT2D eigenvalue weighted by Gasteiger charge is 2.35. The lowest BCUT2D eigenvalue weighted by Gasteiger charge is -2.33.